The van der Waals surface area contributed by atoms with Crippen LogP contribution in [0.3, 0.4) is 0 Å². The third-order valence-corrected chi connectivity index (χ3v) is 4.73. The second-order valence-corrected chi connectivity index (χ2v) is 7.10. The van der Waals surface area contributed by atoms with Gasteiger partial charge in [0.25, 0.3) is 5.91 Å². The van der Waals surface area contributed by atoms with E-state index in [0.29, 0.717) is 17.9 Å². The van der Waals surface area contributed by atoms with Crippen molar-refractivity contribution < 1.29 is 18.8 Å². The summed E-state index contributed by atoms with van der Waals surface area (Å²) in [4.78, 5) is 23.9. The minimum absolute atomic E-state index is 0.00291. The molecule has 1 saturated carbocycles. The van der Waals surface area contributed by atoms with Gasteiger partial charge in [0.15, 0.2) is 11.5 Å². The van der Waals surface area contributed by atoms with E-state index in [2.05, 4.69) is 15.8 Å². The number of amides is 2. The fourth-order valence-corrected chi connectivity index (χ4v) is 3.23. The maximum absolute atomic E-state index is 12.3. The van der Waals surface area contributed by atoms with Crippen molar-refractivity contribution in [2.45, 2.75) is 64.5 Å². The Morgan fingerprint density at radius 3 is 2.64 bits per heavy atom. The molecule has 0 bridgehead atoms. The van der Waals surface area contributed by atoms with Crippen LogP contribution in [0.4, 0.5) is 5.69 Å². The van der Waals surface area contributed by atoms with E-state index < -0.39 is 0 Å². The molecule has 0 atom stereocenters. The monoisotopic (exact) mass is 385 g/mol. The first-order valence-electron chi connectivity index (χ1n) is 9.93. The van der Waals surface area contributed by atoms with Crippen LogP contribution in [0, 0.1) is 0 Å². The summed E-state index contributed by atoms with van der Waals surface area (Å²) in [7, 11) is 0. The highest BCUT2D eigenvalue weighted by Crippen LogP contribution is 2.19. The van der Waals surface area contributed by atoms with E-state index in [4.69, 9.17) is 9.26 Å². The average Bonchev–Trinajstić information content (AvgIpc) is 3.18. The molecule has 2 N–H and O–H groups in total. The highest BCUT2D eigenvalue weighted by Gasteiger charge is 2.19. The molecule has 28 heavy (non-hydrogen) atoms. The predicted octanol–water partition coefficient (Wildman–Crippen LogP) is 4.05. The first-order valence-corrected chi connectivity index (χ1v) is 9.93. The van der Waals surface area contributed by atoms with Crippen LogP contribution in [0.5, 0.6) is 5.75 Å². The molecule has 1 aromatic heterocycles. The normalized spacial score (nSPS) is 14.5. The van der Waals surface area contributed by atoms with Crippen molar-refractivity contribution in [2.24, 2.45) is 0 Å². The molecule has 7 heteroatoms. The number of hydrogen-bond donors (Lipinski definition) is 2. The third-order valence-electron chi connectivity index (χ3n) is 4.73. The van der Waals surface area contributed by atoms with E-state index in [9.17, 15) is 9.59 Å². The van der Waals surface area contributed by atoms with E-state index >= 15 is 0 Å². The zero-order chi connectivity index (χ0) is 19.8. The molecule has 0 unspecified atom stereocenters. The predicted molar refractivity (Wildman–Crippen MR) is 105 cm³/mol. The molecule has 2 amide bonds. The maximum Gasteiger partial charge on any atom is 0.273 e. The number of anilines is 1. The van der Waals surface area contributed by atoms with Crippen molar-refractivity contribution in [3.05, 3.63) is 41.8 Å². The number of hydrogen-bond acceptors (Lipinski definition) is 5. The van der Waals surface area contributed by atoms with Gasteiger partial charge >= 0.3 is 0 Å². The summed E-state index contributed by atoms with van der Waals surface area (Å²) in [5.74, 6) is 0.915. The molecule has 150 valence electrons. The molecule has 1 aromatic carbocycles. The van der Waals surface area contributed by atoms with Crippen molar-refractivity contribution in [1.29, 1.82) is 0 Å². The Morgan fingerprint density at radius 1 is 1.18 bits per heavy atom. The number of nitrogens with one attached hydrogen (secondary N) is 2. The van der Waals surface area contributed by atoms with Crippen molar-refractivity contribution in [3.8, 4) is 5.75 Å². The lowest BCUT2D eigenvalue weighted by atomic mass is 9.95. The summed E-state index contributed by atoms with van der Waals surface area (Å²) in [6.45, 7) is 2.14. The van der Waals surface area contributed by atoms with Crippen molar-refractivity contribution in [3.63, 3.8) is 0 Å². The zero-order valence-electron chi connectivity index (χ0n) is 16.2. The second-order valence-electron chi connectivity index (χ2n) is 7.10. The number of aromatic nitrogens is 1. The van der Waals surface area contributed by atoms with Crippen LogP contribution in [-0.4, -0.2) is 23.0 Å². The van der Waals surface area contributed by atoms with Crippen LogP contribution in [0.1, 0.15) is 68.1 Å². The van der Waals surface area contributed by atoms with Gasteiger partial charge in [0, 0.05) is 24.2 Å². The Labute approximate surface area is 164 Å². The highest BCUT2D eigenvalue weighted by molar-refractivity contribution is 5.92. The van der Waals surface area contributed by atoms with Gasteiger partial charge in [0.2, 0.25) is 5.91 Å². The summed E-state index contributed by atoms with van der Waals surface area (Å²) in [6.07, 6.45) is 6.91. The Balaban J connectivity index is 1.47. The van der Waals surface area contributed by atoms with Crippen LogP contribution >= 0.6 is 0 Å². The van der Waals surface area contributed by atoms with Crippen LogP contribution in [0.25, 0.3) is 0 Å². The van der Waals surface area contributed by atoms with Gasteiger partial charge in [-0.1, -0.05) is 31.3 Å². The Morgan fingerprint density at radius 2 is 1.93 bits per heavy atom. The van der Waals surface area contributed by atoms with Crippen molar-refractivity contribution >= 4 is 17.5 Å². The summed E-state index contributed by atoms with van der Waals surface area (Å²) in [6, 6.07) is 8.95. The Bertz CT molecular complexity index is 779. The molecular weight excluding hydrogens is 358 g/mol. The summed E-state index contributed by atoms with van der Waals surface area (Å²) in [5, 5.41) is 9.69. The molecule has 7 nitrogen and oxygen atoms in total. The molecule has 0 radical (unpaired) electrons. The largest absolute Gasteiger partial charge is 0.486 e. The molecule has 1 aliphatic rings. The second kappa shape index (κ2) is 9.92. The summed E-state index contributed by atoms with van der Waals surface area (Å²) >= 11 is 0. The lowest BCUT2D eigenvalue weighted by Crippen LogP contribution is -2.36. The topological polar surface area (TPSA) is 93.5 Å². The number of carbonyl (C=O) groups is 2. The van der Waals surface area contributed by atoms with Crippen molar-refractivity contribution in [1.82, 2.24) is 10.5 Å². The van der Waals surface area contributed by atoms with Gasteiger partial charge in [-0.3, -0.25) is 9.59 Å². The molecule has 1 aliphatic carbocycles. The van der Waals surface area contributed by atoms with Gasteiger partial charge in [0.05, 0.1) is 0 Å². The number of ether oxygens (including phenoxy) is 1. The van der Waals surface area contributed by atoms with Gasteiger partial charge in [-0.05, 0) is 43.5 Å². The molecule has 1 heterocycles. The molecular formula is C21H27N3O4. The standard InChI is InChI=1S/C21H27N3O4/c1-2-6-20(25)22-16-9-11-17(12-10-16)27-14-18-13-19(24-28-18)21(26)23-15-7-4-3-5-8-15/h9-13,15H,2-8,14H2,1H3,(H,22,25)(H,23,26). The number of carbonyl (C=O) groups excluding carboxylic acids is 2. The van der Waals surface area contributed by atoms with E-state index in [-0.39, 0.29) is 30.2 Å². The Kier molecular flexibility index (Phi) is 7.06. The number of benzene rings is 1. The molecule has 0 spiro atoms. The minimum Gasteiger partial charge on any atom is -0.486 e. The zero-order valence-corrected chi connectivity index (χ0v) is 16.2. The Hall–Kier alpha value is -2.83. The van der Waals surface area contributed by atoms with E-state index in [1.165, 1.54) is 6.42 Å². The van der Waals surface area contributed by atoms with Gasteiger partial charge in [-0.25, -0.2) is 0 Å². The van der Waals surface area contributed by atoms with Crippen LogP contribution in [0.15, 0.2) is 34.9 Å². The maximum atomic E-state index is 12.3. The van der Waals surface area contributed by atoms with Crippen LogP contribution < -0.4 is 15.4 Å². The van der Waals surface area contributed by atoms with Crippen molar-refractivity contribution in [2.75, 3.05) is 5.32 Å². The lowest BCUT2D eigenvalue weighted by Gasteiger charge is -2.22. The molecule has 2 aromatic rings. The van der Waals surface area contributed by atoms with E-state index in [1.54, 1.807) is 30.3 Å². The smallest absolute Gasteiger partial charge is 0.273 e. The molecule has 1 fully saturated rings. The molecule has 0 aliphatic heterocycles. The number of rotatable bonds is 8. The van der Waals surface area contributed by atoms with Crippen LogP contribution in [-0.2, 0) is 11.4 Å². The fourth-order valence-electron chi connectivity index (χ4n) is 3.23. The van der Waals surface area contributed by atoms with Crippen LogP contribution in [0.2, 0.25) is 0 Å². The first kappa shape index (κ1) is 19.9. The highest BCUT2D eigenvalue weighted by atomic mass is 16.5. The number of nitrogens with zero attached hydrogens (tertiary/aromatic N) is 1. The first-order chi connectivity index (χ1) is 13.6. The van der Waals surface area contributed by atoms with Gasteiger partial charge in [-0.2, -0.15) is 0 Å². The summed E-state index contributed by atoms with van der Waals surface area (Å²) < 4.78 is 10.9. The minimum atomic E-state index is -0.200. The van der Waals surface area contributed by atoms with E-state index in [1.807, 2.05) is 6.92 Å². The van der Waals surface area contributed by atoms with Gasteiger partial charge < -0.3 is 19.9 Å². The third kappa shape index (κ3) is 5.84. The van der Waals surface area contributed by atoms with Gasteiger partial charge in [-0.15, -0.1) is 0 Å². The fraction of sp³-hybridized carbons (Fsp3) is 0.476. The lowest BCUT2D eigenvalue weighted by molar-refractivity contribution is -0.116. The average molecular weight is 385 g/mol. The molecule has 0 saturated heterocycles. The SMILES string of the molecule is CCCC(=O)Nc1ccc(OCc2cc(C(=O)NC3CCCCC3)no2)cc1. The quantitative estimate of drug-likeness (QED) is 0.715. The summed E-state index contributed by atoms with van der Waals surface area (Å²) in [5.41, 5.74) is 1.00. The van der Waals surface area contributed by atoms with E-state index in [0.717, 1.165) is 37.8 Å². The molecule has 3 rings (SSSR count). The van der Waals surface area contributed by atoms with Gasteiger partial charge in [0.1, 0.15) is 12.4 Å².